The van der Waals surface area contributed by atoms with Crippen molar-refractivity contribution in [2.45, 2.75) is 59.6 Å². The summed E-state index contributed by atoms with van der Waals surface area (Å²) in [5.41, 5.74) is -0.658. The predicted octanol–water partition coefficient (Wildman–Crippen LogP) is 2.37. The number of hydrogen-bond donors (Lipinski definition) is 1. The van der Waals surface area contributed by atoms with E-state index in [1.165, 1.54) is 0 Å². The van der Waals surface area contributed by atoms with Gasteiger partial charge in [0.25, 0.3) is 0 Å². The molecule has 0 aromatic heterocycles. The quantitative estimate of drug-likeness (QED) is 0.611. The third-order valence-corrected chi connectivity index (χ3v) is 1.91. The van der Waals surface area contributed by atoms with Crippen molar-refractivity contribution in [3.05, 3.63) is 0 Å². The summed E-state index contributed by atoms with van der Waals surface area (Å²) in [5, 5.41) is 18.0. The SMILES string of the molecule is CC.CC.CC1CC(C)(O)CN1C#N. The van der Waals surface area contributed by atoms with Gasteiger partial charge in [-0.3, -0.25) is 0 Å². The summed E-state index contributed by atoms with van der Waals surface area (Å²) in [6.45, 7) is 12.2. The number of β-amino-alcohol motifs (C(OH)–C–C–N with tert-alkyl or cyclic N) is 1. The van der Waals surface area contributed by atoms with Crippen LogP contribution in [0.25, 0.3) is 0 Å². The molecule has 3 heteroatoms. The van der Waals surface area contributed by atoms with E-state index < -0.39 is 5.60 Å². The average Bonchev–Trinajstić information content (AvgIpc) is 2.46. The van der Waals surface area contributed by atoms with E-state index >= 15 is 0 Å². The van der Waals surface area contributed by atoms with Gasteiger partial charge in [-0.05, 0) is 20.3 Å². The summed E-state index contributed by atoms with van der Waals surface area (Å²) in [6, 6.07) is 0.194. The Bertz CT molecular complexity index is 173. The minimum atomic E-state index is -0.658. The van der Waals surface area contributed by atoms with Crippen LogP contribution in [0.5, 0.6) is 0 Å². The van der Waals surface area contributed by atoms with Crippen molar-refractivity contribution in [3.8, 4) is 6.19 Å². The molecule has 2 unspecified atom stereocenters. The second-order valence-electron chi connectivity index (χ2n) is 3.28. The van der Waals surface area contributed by atoms with Gasteiger partial charge in [-0.15, -0.1) is 0 Å². The van der Waals surface area contributed by atoms with Gasteiger partial charge in [0.05, 0.1) is 12.1 Å². The number of likely N-dealkylation sites (tertiary alicyclic amines) is 1. The fourth-order valence-electron chi connectivity index (χ4n) is 1.47. The molecule has 3 nitrogen and oxygen atoms in total. The zero-order chi connectivity index (χ0) is 11.8. The van der Waals surface area contributed by atoms with E-state index in [0.29, 0.717) is 13.0 Å². The lowest BCUT2D eigenvalue weighted by Crippen LogP contribution is -2.27. The number of nitrogens with zero attached hydrogens (tertiary/aromatic N) is 2. The van der Waals surface area contributed by atoms with Crippen molar-refractivity contribution in [2.24, 2.45) is 0 Å². The van der Waals surface area contributed by atoms with Crippen LogP contribution in [-0.2, 0) is 0 Å². The maximum absolute atomic E-state index is 9.47. The van der Waals surface area contributed by atoms with Crippen LogP contribution < -0.4 is 0 Å². The fraction of sp³-hybridized carbons (Fsp3) is 0.909. The van der Waals surface area contributed by atoms with E-state index in [1.807, 2.05) is 40.8 Å². The molecule has 0 saturated carbocycles. The zero-order valence-corrected chi connectivity index (χ0v) is 10.3. The number of aliphatic hydroxyl groups is 1. The molecule has 0 aromatic rings. The number of rotatable bonds is 0. The van der Waals surface area contributed by atoms with Crippen molar-refractivity contribution in [1.82, 2.24) is 4.90 Å². The minimum Gasteiger partial charge on any atom is -0.388 e. The molecule has 1 N–H and O–H groups in total. The molecule has 0 aromatic carbocycles. The highest BCUT2D eigenvalue weighted by atomic mass is 16.3. The molecule has 0 radical (unpaired) electrons. The van der Waals surface area contributed by atoms with Crippen LogP contribution in [0.1, 0.15) is 48.0 Å². The maximum Gasteiger partial charge on any atom is 0.179 e. The van der Waals surface area contributed by atoms with Gasteiger partial charge in [0.15, 0.2) is 6.19 Å². The average molecular weight is 200 g/mol. The maximum atomic E-state index is 9.47. The smallest absolute Gasteiger partial charge is 0.179 e. The predicted molar refractivity (Wildman–Crippen MR) is 59.7 cm³/mol. The molecule has 1 aliphatic heterocycles. The van der Waals surface area contributed by atoms with Crippen LogP contribution in [0, 0.1) is 11.5 Å². The number of hydrogen-bond acceptors (Lipinski definition) is 3. The highest BCUT2D eigenvalue weighted by Crippen LogP contribution is 2.24. The van der Waals surface area contributed by atoms with E-state index in [-0.39, 0.29) is 6.04 Å². The lowest BCUT2D eigenvalue weighted by molar-refractivity contribution is 0.0739. The first kappa shape index (κ1) is 15.7. The fourth-order valence-corrected chi connectivity index (χ4v) is 1.47. The Morgan fingerprint density at radius 1 is 1.36 bits per heavy atom. The Labute approximate surface area is 88.3 Å². The standard InChI is InChI=1S/C7H12N2O.2C2H6/c1-6-3-7(2,10)4-9(6)5-8;2*1-2/h6,10H,3-4H2,1-2H3;2*1-2H3. The Balaban J connectivity index is 0. The molecular formula is C11H24N2O. The summed E-state index contributed by atoms with van der Waals surface area (Å²) in [7, 11) is 0. The Kier molecular flexibility index (Phi) is 8.57. The normalized spacial score (nSPS) is 29.3. The zero-order valence-electron chi connectivity index (χ0n) is 10.3. The molecular weight excluding hydrogens is 176 g/mol. The topological polar surface area (TPSA) is 47.3 Å². The van der Waals surface area contributed by atoms with Gasteiger partial charge >= 0.3 is 0 Å². The van der Waals surface area contributed by atoms with Gasteiger partial charge in [-0.25, -0.2) is 0 Å². The van der Waals surface area contributed by atoms with Crippen molar-refractivity contribution in [1.29, 1.82) is 5.26 Å². The Morgan fingerprint density at radius 3 is 1.93 bits per heavy atom. The highest BCUT2D eigenvalue weighted by molar-refractivity contribution is 4.96. The third-order valence-electron chi connectivity index (χ3n) is 1.91. The second kappa shape index (κ2) is 7.64. The molecule has 1 rings (SSSR count). The van der Waals surface area contributed by atoms with E-state index in [9.17, 15) is 5.11 Å². The highest BCUT2D eigenvalue weighted by Gasteiger charge is 2.36. The first-order valence-corrected chi connectivity index (χ1v) is 5.44. The molecule has 14 heavy (non-hydrogen) atoms. The summed E-state index contributed by atoms with van der Waals surface area (Å²) >= 11 is 0. The van der Waals surface area contributed by atoms with Crippen LogP contribution in [0.2, 0.25) is 0 Å². The molecule has 0 aliphatic carbocycles. The first-order chi connectivity index (χ1) is 6.55. The lowest BCUT2D eigenvalue weighted by Gasteiger charge is -2.13. The summed E-state index contributed by atoms with van der Waals surface area (Å²) in [6.07, 6.45) is 2.74. The largest absolute Gasteiger partial charge is 0.388 e. The van der Waals surface area contributed by atoms with Gasteiger partial charge in [-0.2, -0.15) is 5.26 Å². The van der Waals surface area contributed by atoms with Gasteiger partial charge in [-0.1, -0.05) is 27.7 Å². The van der Waals surface area contributed by atoms with Crippen molar-refractivity contribution in [3.63, 3.8) is 0 Å². The Hall–Kier alpha value is -0.750. The summed E-state index contributed by atoms with van der Waals surface area (Å²) < 4.78 is 0. The molecule has 0 bridgehead atoms. The molecule has 84 valence electrons. The first-order valence-electron chi connectivity index (χ1n) is 5.44. The van der Waals surface area contributed by atoms with E-state index in [0.717, 1.165) is 0 Å². The summed E-state index contributed by atoms with van der Waals surface area (Å²) in [5.74, 6) is 0. The monoisotopic (exact) mass is 200 g/mol. The molecule has 1 fully saturated rings. The lowest BCUT2D eigenvalue weighted by atomic mass is 10.0. The van der Waals surface area contributed by atoms with Gasteiger partial charge in [0.1, 0.15) is 0 Å². The van der Waals surface area contributed by atoms with Gasteiger partial charge in [0, 0.05) is 6.04 Å². The van der Waals surface area contributed by atoms with Crippen molar-refractivity contribution < 1.29 is 5.11 Å². The minimum absolute atomic E-state index is 0.194. The molecule has 1 heterocycles. The molecule has 0 spiro atoms. The molecule has 0 amide bonds. The second-order valence-corrected chi connectivity index (χ2v) is 3.28. The van der Waals surface area contributed by atoms with E-state index in [4.69, 9.17) is 5.26 Å². The van der Waals surface area contributed by atoms with Crippen LogP contribution in [0.15, 0.2) is 0 Å². The molecule has 1 saturated heterocycles. The molecule has 1 aliphatic rings. The van der Waals surface area contributed by atoms with Gasteiger partial charge in [0.2, 0.25) is 0 Å². The Morgan fingerprint density at radius 2 is 1.79 bits per heavy atom. The van der Waals surface area contributed by atoms with Crippen molar-refractivity contribution in [2.75, 3.05) is 6.54 Å². The van der Waals surface area contributed by atoms with E-state index in [1.54, 1.807) is 11.8 Å². The van der Waals surface area contributed by atoms with Crippen LogP contribution >= 0.6 is 0 Å². The third kappa shape index (κ3) is 5.08. The molecule has 2 atom stereocenters. The summed E-state index contributed by atoms with van der Waals surface area (Å²) in [4.78, 5) is 1.61. The van der Waals surface area contributed by atoms with Gasteiger partial charge < -0.3 is 10.0 Å². The van der Waals surface area contributed by atoms with E-state index in [2.05, 4.69) is 0 Å². The number of nitriles is 1. The van der Waals surface area contributed by atoms with Crippen molar-refractivity contribution >= 4 is 0 Å². The van der Waals surface area contributed by atoms with Crippen LogP contribution in [0.4, 0.5) is 0 Å². The van der Waals surface area contributed by atoms with Crippen LogP contribution in [-0.4, -0.2) is 28.2 Å². The van der Waals surface area contributed by atoms with Crippen LogP contribution in [0.3, 0.4) is 0 Å².